The third kappa shape index (κ3) is 2.65. The molecule has 1 aliphatic rings. The number of halogens is 2. The Hall–Kier alpha value is -2.38. The highest BCUT2D eigenvalue weighted by Crippen LogP contribution is 2.35. The van der Waals surface area contributed by atoms with E-state index in [9.17, 15) is 13.9 Å². The van der Waals surface area contributed by atoms with Gasteiger partial charge < -0.3 is 5.11 Å². The molecule has 1 aromatic carbocycles. The van der Waals surface area contributed by atoms with Crippen molar-refractivity contribution >= 4 is 5.65 Å². The van der Waals surface area contributed by atoms with Gasteiger partial charge in [0, 0.05) is 37.1 Å². The number of hydrogen-bond acceptors (Lipinski definition) is 4. The van der Waals surface area contributed by atoms with Crippen LogP contribution in [0.2, 0.25) is 0 Å². The van der Waals surface area contributed by atoms with Crippen LogP contribution in [0.5, 0.6) is 0 Å². The molecule has 0 radical (unpaired) electrons. The Morgan fingerprint density at radius 2 is 2.12 bits per heavy atom. The van der Waals surface area contributed by atoms with Gasteiger partial charge >= 0.3 is 0 Å². The number of imidazole rings is 1. The summed E-state index contributed by atoms with van der Waals surface area (Å²) < 4.78 is 29.6. The molecule has 1 saturated heterocycles. The summed E-state index contributed by atoms with van der Waals surface area (Å²) in [6, 6.07) is 3.08. The summed E-state index contributed by atoms with van der Waals surface area (Å²) in [5, 5.41) is 10.0. The molecule has 0 spiro atoms. The second-order valence-electron chi connectivity index (χ2n) is 6.05. The number of aromatic nitrogens is 3. The van der Waals surface area contributed by atoms with Gasteiger partial charge in [0.15, 0.2) is 5.65 Å². The van der Waals surface area contributed by atoms with E-state index >= 15 is 0 Å². The van der Waals surface area contributed by atoms with Crippen molar-refractivity contribution in [1.82, 2.24) is 19.3 Å². The molecule has 7 heteroatoms. The third-order valence-corrected chi connectivity index (χ3v) is 4.46. The summed E-state index contributed by atoms with van der Waals surface area (Å²) >= 11 is 0. The smallest absolute Gasteiger partial charge is 0.155 e. The number of nitrogens with zero attached hydrogens (tertiary/aromatic N) is 4. The molecular formula is C17H16F2N4O. The Kier molecular flexibility index (Phi) is 3.74. The molecule has 3 aromatic rings. The number of benzene rings is 1. The van der Waals surface area contributed by atoms with E-state index in [1.807, 2.05) is 15.5 Å². The van der Waals surface area contributed by atoms with E-state index < -0.39 is 17.7 Å². The molecule has 0 amide bonds. The van der Waals surface area contributed by atoms with E-state index in [1.165, 1.54) is 6.07 Å². The Balaban J connectivity index is 1.67. The zero-order valence-electron chi connectivity index (χ0n) is 12.8. The number of fused-ring (bicyclic) bond motifs is 1. The van der Waals surface area contributed by atoms with Gasteiger partial charge in [-0.2, -0.15) is 0 Å². The molecule has 0 saturated carbocycles. The first-order chi connectivity index (χ1) is 11.6. The van der Waals surface area contributed by atoms with E-state index in [0.29, 0.717) is 19.5 Å². The van der Waals surface area contributed by atoms with Gasteiger partial charge in [-0.25, -0.2) is 13.8 Å². The molecule has 0 aliphatic carbocycles. The van der Waals surface area contributed by atoms with Crippen molar-refractivity contribution in [3.63, 3.8) is 0 Å². The van der Waals surface area contributed by atoms with E-state index in [-0.39, 0.29) is 11.6 Å². The molecule has 3 heterocycles. The van der Waals surface area contributed by atoms with Crippen LogP contribution in [0.1, 0.15) is 23.7 Å². The summed E-state index contributed by atoms with van der Waals surface area (Å²) in [5.74, 6) is -0.934. The van der Waals surface area contributed by atoms with Crippen molar-refractivity contribution in [2.24, 2.45) is 0 Å². The lowest BCUT2D eigenvalue weighted by atomic mass is 10.0. The maximum absolute atomic E-state index is 14.2. The minimum absolute atomic E-state index is 0.280. The predicted molar refractivity (Wildman–Crippen MR) is 83.1 cm³/mol. The average Bonchev–Trinajstić information content (AvgIpc) is 3.14. The largest absolute Gasteiger partial charge is 0.392 e. The zero-order chi connectivity index (χ0) is 16.7. The molecule has 1 N–H and O–H groups in total. The van der Waals surface area contributed by atoms with Crippen molar-refractivity contribution in [2.75, 3.05) is 6.54 Å². The number of rotatable bonds is 3. The molecule has 0 unspecified atom stereocenters. The third-order valence-electron chi connectivity index (χ3n) is 4.46. The van der Waals surface area contributed by atoms with Gasteiger partial charge in [0.25, 0.3) is 0 Å². The zero-order valence-corrected chi connectivity index (χ0v) is 12.8. The first-order valence-electron chi connectivity index (χ1n) is 7.75. The summed E-state index contributed by atoms with van der Waals surface area (Å²) in [6.07, 6.45) is 6.67. The van der Waals surface area contributed by atoms with Crippen LogP contribution in [0.4, 0.5) is 8.78 Å². The molecule has 4 rings (SSSR count). The summed E-state index contributed by atoms with van der Waals surface area (Å²) in [7, 11) is 0. The van der Waals surface area contributed by atoms with Crippen molar-refractivity contribution in [2.45, 2.75) is 25.1 Å². The topological polar surface area (TPSA) is 53.7 Å². The van der Waals surface area contributed by atoms with Crippen LogP contribution in [0.25, 0.3) is 5.65 Å². The van der Waals surface area contributed by atoms with Gasteiger partial charge in [0.1, 0.15) is 11.6 Å². The van der Waals surface area contributed by atoms with Crippen molar-refractivity contribution in [1.29, 1.82) is 0 Å². The maximum atomic E-state index is 14.2. The predicted octanol–water partition coefficient (Wildman–Crippen LogP) is 2.32. The number of aliphatic hydroxyl groups is 1. The molecule has 1 fully saturated rings. The lowest BCUT2D eigenvalue weighted by Gasteiger charge is -2.24. The summed E-state index contributed by atoms with van der Waals surface area (Å²) in [5.41, 5.74) is 1.91. The van der Waals surface area contributed by atoms with Crippen molar-refractivity contribution in [3.8, 4) is 0 Å². The molecule has 1 aliphatic heterocycles. The van der Waals surface area contributed by atoms with Crippen LogP contribution in [0.3, 0.4) is 0 Å². The molecule has 124 valence electrons. The van der Waals surface area contributed by atoms with Gasteiger partial charge in [-0.3, -0.25) is 14.3 Å². The molecule has 2 atom stereocenters. The number of hydrogen-bond donors (Lipinski definition) is 1. The summed E-state index contributed by atoms with van der Waals surface area (Å²) in [4.78, 5) is 10.3. The molecule has 5 nitrogen and oxygen atoms in total. The summed E-state index contributed by atoms with van der Waals surface area (Å²) in [6.45, 7) is 0.877. The lowest BCUT2D eigenvalue weighted by molar-refractivity contribution is 0.171. The molecule has 0 bridgehead atoms. The van der Waals surface area contributed by atoms with Gasteiger partial charge in [-0.15, -0.1) is 0 Å². The fraction of sp³-hybridized carbons (Fsp3) is 0.294. The Labute approximate surface area is 137 Å². The minimum atomic E-state index is -0.571. The fourth-order valence-electron chi connectivity index (χ4n) is 3.37. The quantitative estimate of drug-likeness (QED) is 0.801. The van der Waals surface area contributed by atoms with Crippen molar-refractivity contribution in [3.05, 3.63) is 65.9 Å². The van der Waals surface area contributed by atoms with Crippen LogP contribution in [0, 0.1) is 11.6 Å². The monoisotopic (exact) mass is 330 g/mol. The first kappa shape index (κ1) is 15.2. The standard InChI is InChI=1S/C17H16F2N4O/c18-11-1-2-15(19)14(5-11)16-6-13(24)10-22(16)9-12-7-21-17-8-20-3-4-23(12)17/h1-5,7-8,13,16,24H,6,9-10H2/t13-,16+/m0/s1. The Morgan fingerprint density at radius 3 is 3.00 bits per heavy atom. The maximum Gasteiger partial charge on any atom is 0.155 e. The second-order valence-corrected chi connectivity index (χ2v) is 6.05. The SMILES string of the molecule is O[C@H]1C[C@H](c2cc(F)ccc2F)N(Cc2cnc3cnccn23)C1. The number of β-amino-alcohol motifs (C(OH)–C–C–N with tert-alkyl or cyclic N) is 1. The van der Waals surface area contributed by atoms with E-state index in [1.54, 1.807) is 18.6 Å². The van der Waals surface area contributed by atoms with Gasteiger partial charge in [0.2, 0.25) is 0 Å². The van der Waals surface area contributed by atoms with Gasteiger partial charge in [-0.1, -0.05) is 0 Å². The van der Waals surface area contributed by atoms with Crippen LogP contribution >= 0.6 is 0 Å². The highest BCUT2D eigenvalue weighted by atomic mass is 19.1. The minimum Gasteiger partial charge on any atom is -0.392 e. The number of likely N-dealkylation sites (tertiary alicyclic amines) is 1. The molecule has 2 aromatic heterocycles. The molecular weight excluding hydrogens is 314 g/mol. The average molecular weight is 330 g/mol. The Bertz CT molecular complexity index is 882. The van der Waals surface area contributed by atoms with Gasteiger partial charge in [0.05, 0.1) is 24.2 Å². The highest BCUT2D eigenvalue weighted by molar-refractivity contribution is 5.37. The molecule has 24 heavy (non-hydrogen) atoms. The van der Waals surface area contributed by atoms with Crippen LogP contribution in [-0.4, -0.2) is 37.0 Å². The Morgan fingerprint density at radius 1 is 1.25 bits per heavy atom. The fourth-order valence-corrected chi connectivity index (χ4v) is 3.37. The second kappa shape index (κ2) is 5.92. The lowest BCUT2D eigenvalue weighted by Crippen LogP contribution is -2.25. The van der Waals surface area contributed by atoms with Gasteiger partial charge in [-0.05, 0) is 24.6 Å². The first-order valence-corrected chi connectivity index (χ1v) is 7.75. The van der Waals surface area contributed by atoms with E-state index in [2.05, 4.69) is 9.97 Å². The van der Waals surface area contributed by atoms with Crippen molar-refractivity contribution < 1.29 is 13.9 Å². The van der Waals surface area contributed by atoms with E-state index in [4.69, 9.17) is 0 Å². The van der Waals surface area contributed by atoms with E-state index in [0.717, 1.165) is 23.5 Å². The van der Waals surface area contributed by atoms with Crippen LogP contribution < -0.4 is 0 Å². The number of aliphatic hydroxyl groups excluding tert-OH is 1. The van der Waals surface area contributed by atoms with Crippen LogP contribution in [-0.2, 0) is 6.54 Å². The van der Waals surface area contributed by atoms with Crippen LogP contribution in [0.15, 0.2) is 43.0 Å². The highest BCUT2D eigenvalue weighted by Gasteiger charge is 2.34. The normalized spacial score (nSPS) is 21.6.